The second-order valence-corrected chi connectivity index (χ2v) is 2.44. The molecule has 0 aromatic heterocycles. The van der Waals surface area contributed by atoms with E-state index in [1.807, 2.05) is 0 Å². The summed E-state index contributed by atoms with van der Waals surface area (Å²) >= 11 is 0. The third kappa shape index (κ3) is 0.815. The van der Waals surface area contributed by atoms with Gasteiger partial charge >= 0.3 is 0 Å². The van der Waals surface area contributed by atoms with Gasteiger partial charge in [-0.2, -0.15) is 0 Å². The highest BCUT2D eigenvalue weighted by Gasteiger charge is 2.21. The molecule has 1 nitrogen and oxygen atoms in total. The van der Waals surface area contributed by atoms with E-state index in [4.69, 9.17) is 4.74 Å². The topological polar surface area (TPSA) is 9.23 Å². The Hall–Kier alpha value is -0.560. The lowest BCUT2D eigenvalue weighted by Crippen LogP contribution is -2.02. The van der Waals surface area contributed by atoms with E-state index in [0.717, 1.165) is 13.2 Å². The van der Waals surface area contributed by atoms with Crippen LogP contribution in [0.5, 0.6) is 0 Å². The molecule has 0 amide bonds. The van der Waals surface area contributed by atoms with Gasteiger partial charge in [-0.3, -0.25) is 0 Å². The van der Waals surface area contributed by atoms with Crippen LogP contribution >= 0.6 is 0 Å². The SMILES string of the molecule is [CH]1C=CC=C2COCC12. The molecule has 1 unspecified atom stereocenters. The number of hydrogen-bond donors (Lipinski definition) is 0. The van der Waals surface area contributed by atoms with Crippen LogP contribution < -0.4 is 0 Å². The van der Waals surface area contributed by atoms with E-state index >= 15 is 0 Å². The van der Waals surface area contributed by atoms with Crippen molar-refractivity contribution in [1.82, 2.24) is 0 Å². The van der Waals surface area contributed by atoms with Crippen molar-refractivity contribution in [3.8, 4) is 0 Å². The minimum atomic E-state index is 0.593. The summed E-state index contributed by atoms with van der Waals surface area (Å²) < 4.78 is 5.25. The molecule has 1 aliphatic carbocycles. The Labute approximate surface area is 55.0 Å². The summed E-state index contributed by atoms with van der Waals surface area (Å²) in [6, 6.07) is 0. The van der Waals surface area contributed by atoms with Crippen molar-refractivity contribution in [2.75, 3.05) is 13.2 Å². The van der Waals surface area contributed by atoms with Gasteiger partial charge in [0.1, 0.15) is 0 Å². The lowest BCUT2D eigenvalue weighted by atomic mass is 9.95. The molecule has 1 fully saturated rings. The van der Waals surface area contributed by atoms with Gasteiger partial charge in [-0.05, 0) is 12.0 Å². The van der Waals surface area contributed by atoms with Crippen LogP contribution in [0.4, 0.5) is 0 Å². The van der Waals surface area contributed by atoms with Crippen LogP contribution in [0.15, 0.2) is 23.8 Å². The first-order valence-electron chi connectivity index (χ1n) is 3.25. The molecule has 0 bridgehead atoms. The Morgan fingerprint density at radius 3 is 3.33 bits per heavy atom. The summed E-state index contributed by atoms with van der Waals surface area (Å²) in [5.74, 6) is 0.593. The lowest BCUT2D eigenvalue weighted by Gasteiger charge is -2.08. The summed E-state index contributed by atoms with van der Waals surface area (Å²) in [6.45, 7) is 1.72. The maximum Gasteiger partial charge on any atom is 0.0683 e. The molecule has 0 aromatic carbocycles. The maximum atomic E-state index is 5.25. The fourth-order valence-corrected chi connectivity index (χ4v) is 1.25. The Bertz CT molecular complexity index is 167. The standard InChI is InChI=1S/C8H9O/c1-2-4-8-6-9-5-7(8)3-1/h1-4,7H,5-6H2. The number of allylic oxidation sites excluding steroid dienone is 3. The molecule has 1 saturated heterocycles. The molecular formula is C8H9O. The molecule has 2 rings (SSSR count). The molecule has 2 aliphatic rings. The van der Waals surface area contributed by atoms with E-state index in [1.165, 1.54) is 5.57 Å². The van der Waals surface area contributed by atoms with Gasteiger partial charge in [0.05, 0.1) is 13.2 Å². The van der Waals surface area contributed by atoms with Crippen LogP contribution in [0.25, 0.3) is 0 Å². The highest BCUT2D eigenvalue weighted by Crippen LogP contribution is 2.25. The minimum absolute atomic E-state index is 0.593. The van der Waals surface area contributed by atoms with Gasteiger partial charge in [0, 0.05) is 5.92 Å². The Balaban J connectivity index is 2.23. The van der Waals surface area contributed by atoms with E-state index in [9.17, 15) is 0 Å². The van der Waals surface area contributed by atoms with Gasteiger partial charge in [-0.25, -0.2) is 0 Å². The van der Waals surface area contributed by atoms with Crippen molar-refractivity contribution in [2.24, 2.45) is 5.92 Å². The number of fused-ring (bicyclic) bond motifs is 1. The Morgan fingerprint density at radius 1 is 1.44 bits per heavy atom. The minimum Gasteiger partial charge on any atom is -0.376 e. The molecule has 0 aromatic rings. The fraction of sp³-hybridized carbons (Fsp3) is 0.375. The van der Waals surface area contributed by atoms with Crippen LogP contribution in [-0.2, 0) is 4.74 Å². The first kappa shape index (κ1) is 5.24. The molecule has 47 valence electrons. The molecular weight excluding hydrogens is 112 g/mol. The van der Waals surface area contributed by atoms with Gasteiger partial charge in [-0.1, -0.05) is 18.2 Å². The molecule has 1 heteroatoms. The second-order valence-electron chi connectivity index (χ2n) is 2.44. The molecule has 0 saturated carbocycles. The van der Waals surface area contributed by atoms with Crippen molar-refractivity contribution in [2.45, 2.75) is 0 Å². The molecule has 1 radical (unpaired) electrons. The number of hydrogen-bond acceptors (Lipinski definition) is 1. The summed E-state index contributed by atoms with van der Waals surface area (Å²) in [6.07, 6.45) is 8.50. The van der Waals surface area contributed by atoms with E-state index in [1.54, 1.807) is 0 Å². The molecule has 0 N–H and O–H groups in total. The quantitative estimate of drug-likeness (QED) is 0.470. The average Bonchev–Trinajstić information content (AvgIpc) is 2.33. The molecule has 1 heterocycles. The van der Waals surface area contributed by atoms with Crippen molar-refractivity contribution >= 4 is 0 Å². The molecule has 9 heavy (non-hydrogen) atoms. The first-order chi connectivity index (χ1) is 4.47. The lowest BCUT2D eigenvalue weighted by molar-refractivity contribution is 0.194. The maximum absolute atomic E-state index is 5.25. The number of ether oxygens (including phenoxy) is 1. The fourth-order valence-electron chi connectivity index (χ4n) is 1.25. The van der Waals surface area contributed by atoms with Gasteiger partial charge in [0.15, 0.2) is 0 Å². The summed E-state index contributed by atoms with van der Waals surface area (Å²) in [5.41, 5.74) is 1.43. The Kier molecular flexibility index (Phi) is 1.16. The van der Waals surface area contributed by atoms with Gasteiger partial charge in [0.2, 0.25) is 0 Å². The normalized spacial score (nSPS) is 32.0. The predicted molar refractivity (Wildman–Crippen MR) is 35.8 cm³/mol. The van der Waals surface area contributed by atoms with Gasteiger partial charge < -0.3 is 4.74 Å². The predicted octanol–water partition coefficient (Wildman–Crippen LogP) is 1.33. The van der Waals surface area contributed by atoms with Crippen LogP contribution in [0, 0.1) is 12.3 Å². The van der Waals surface area contributed by atoms with Crippen molar-refractivity contribution in [3.63, 3.8) is 0 Å². The van der Waals surface area contributed by atoms with E-state index in [2.05, 4.69) is 24.6 Å². The van der Waals surface area contributed by atoms with Crippen molar-refractivity contribution < 1.29 is 4.74 Å². The largest absolute Gasteiger partial charge is 0.376 e. The zero-order chi connectivity index (χ0) is 6.10. The third-order valence-corrected chi connectivity index (χ3v) is 1.81. The zero-order valence-electron chi connectivity index (χ0n) is 5.21. The highest BCUT2D eigenvalue weighted by atomic mass is 16.5. The summed E-state index contributed by atoms with van der Waals surface area (Å²) in [4.78, 5) is 0. The number of rotatable bonds is 0. The van der Waals surface area contributed by atoms with Crippen molar-refractivity contribution in [1.29, 1.82) is 0 Å². The summed E-state index contributed by atoms with van der Waals surface area (Å²) in [5, 5.41) is 0. The molecule has 0 spiro atoms. The molecule has 1 aliphatic heterocycles. The molecule has 1 atom stereocenters. The van der Waals surface area contributed by atoms with Crippen LogP contribution in [-0.4, -0.2) is 13.2 Å². The van der Waals surface area contributed by atoms with Crippen LogP contribution in [0.2, 0.25) is 0 Å². The Morgan fingerprint density at radius 2 is 2.44 bits per heavy atom. The second kappa shape index (κ2) is 1.99. The third-order valence-electron chi connectivity index (χ3n) is 1.81. The van der Waals surface area contributed by atoms with Gasteiger partial charge in [0.25, 0.3) is 0 Å². The van der Waals surface area contributed by atoms with Crippen LogP contribution in [0.1, 0.15) is 0 Å². The van der Waals surface area contributed by atoms with Crippen LogP contribution in [0.3, 0.4) is 0 Å². The van der Waals surface area contributed by atoms with Gasteiger partial charge in [-0.15, -0.1) is 0 Å². The van der Waals surface area contributed by atoms with E-state index in [-0.39, 0.29) is 0 Å². The summed E-state index contributed by atoms with van der Waals surface area (Å²) in [7, 11) is 0. The van der Waals surface area contributed by atoms with Crippen molar-refractivity contribution in [3.05, 3.63) is 30.2 Å². The van der Waals surface area contributed by atoms with E-state index in [0.29, 0.717) is 5.92 Å². The average molecular weight is 121 g/mol. The monoisotopic (exact) mass is 121 g/mol. The highest BCUT2D eigenvalue weighted by molar-refractivity contribution is 5.29. The smallest absolute Gasteiger partial charge is 0.0683 e. The first-order valence-corrected chi connectivity index (χ1v) is 3.25. The van der Waals surface area contributed by atoms with E-state index < -0.39 is 0 Å². The zero-order valence-corrected chi connectivity index (χ0v) is 5.21.